The molecule has 2 aromatic rings. The molecule has 216 valence electrons. The number of aliphatic imine (C=N–C) groups is 1. The van der Waals surface area contributed by atoms with Crippen LogP contribution in [0.25, 0.3) is 0 Å². The monoisotopic (exact) mass is 605 g/mol. The van der Waals surface area contributed by atoms with E-state index in [4.69, 9.17) is 37.7 Å². The molecule has 7 nitrogen and oxygen atoms in total. The summed E-state index contributed by atoms with van der Waals surface area (Å²) < 4.78 is 40.6. The molecular formula is C30H37Cl2N3O4S. The van der Waals surface area contributed by atoms with Gasteiger partial charge in [-0.15, -0.1) is 0 Å². The standard InChI is InChI=1S/C30H37Cl2N3O4S/c1-5-39-26-19-27(38-4)28(40(36,37)35-16-6-7-17-35)18-25(26)29(33-20-21-8-12-23(31)13-9-21)34-30(2,3)22-10-14-24(32)15-11-22/h8-10,12-15,18-19,22H,5-7,11,16-17,20H2,1-4H3,(H,33,34). The first kappa shape index (κ1) is 30.4. The van der Waals surface area contributed by atoms with Crippen molar-refractivity contribution in [2.45, 2.75) is 57.0 Å². The number of hydrogen-bond acceptors (Lipinski definition) is 5. The van der Waals surface area contributed by atoms with Crippen molar-refractivity contribution in [1.29, 1.82) is 0 Å². The van der Waals surface area contributed by atoms with Gasteiger partial charge in [-0.1, -0.05) is 47.5 Å². The van der Waals surface area contributed by atoms with E-state index in [9.17, 15) is 8.42 Å². The van der Waals surface area contributed by atoms with Gasteiger partial charge in [0.05, 0.1) is 24.8 Å². The van der Waals surface area contributed by atoms with E-state index in [0.29, 0.717) is 53.4 Å². The van der Waals surface area contributed by atoms with Crippen molar-refractivity contribution in [3.05, 3.63) is 75.8 Å². The van der Waals surface area contributed by atoms with Gasteiger partial charge in [-0.2, -0.15) is 4.31 Å². The molecule has 2 aliphatic rings. The smallest absolute Gasteiger partial charge is 0.246 e. The molecule has 0 saturated carbocycles. The highest BCUT2D eigenvalue weighted by Crippen LogP contribution is 2.37. The van der Waals surface area contributed by atoms with Crippen LogP contribution in [0.15, 0.2) is 69.5 Å². The number of nitrogens with one attached hydrogen (secondary N) is 1. The SMILES string of the molecule is CCOc1cc(OC)c(S(=O)(=O)N2CCCC2)cc1/C(=N/C(C)(C)C1C=CC(Cl)=CC1)NCc1ccc(Cl)cc1. The molecule has 1 saturated heterocycles. The van der Waals surface area contributed by atoms with E-state index >= 15 is 0 Å². The molecule has 0 amide bonds. The number of allylic oxidation sites excluding steroid dienone is 3. The second kappa shape index (κ2) is 13.0. The fraction of sp³-hybridized carbons (Fsp3) is 0.433. The van der Waals surface area contributed by atoms with Gasteiger partial charge in [-0.3, -0.25) is 4.99 Å². The zero-order chi connectivity index (χ0) is 28.9. The maximum absolute atomic E-state index is 13.7. The molecule has 40 heavy (non-hydrogen) atoms. The minimum Gasteiger partial charge on any atom is -0.495 e. The second-order valence-corrected chi connectivity index (χ2v) is 13.2. The predicted octanol–water partition coefficient (Wildman–Crippen LogP) is 6.55. The summed E-state index contributed by atoms with van der Waals surface area (Å²) in [5, 5.41) is 4.84. The van der Waals surface area contributed by atoms with Crippen LogP contribution in [-0.4, -0.2) is 50.9 Å². The molecule has 2 aromatic carbocycles. The van der Waals surface area contributed by atoms with E-state index in [0.717, 1.165) is 24.8 Å². The Kier molecular flexibility index (Phi) is 9.88. The van der Waals surface area contributed by atoms with E-state index in [-0.39, 0.29) is 16.6 Å². The van der Waals surface area contributed by atoms with Gasteiger partial charge in [-0.05, 0) is 69.9 Å². The third kappa shape index (κ3) is 7.03. The molecule has 1 aliphatic carbocycles. The van der Waals surface area contributed by atoms with Crippen LogP contribution in [0.2, 0.25) is 5.02 Å². The van der Waals surface area contributed by atoms with Crippen LogP contribution < -0.4 is 14.8 Å². The summed E-state index contributed by atoms with van der Waals surface area (Å²) in [5.41, 5.74) is 0.999. The average Bonchev–Trinajstić information content (AvgIpc) is 3.48. The first-order valence-corrected chi connectivity index (χ1v) is 15.7. The number of sulfonamides is 1. The number of halogens is 2. The van der Waals surface area contributed by atoms with Crippen molar-refractivity contribution in [3.8, 4) is 11.5 Å². The molecule has 0 spiro atoms. The van der Waals surface area contributed by atoms with Crippen molar-refractivity contribution >= 4 is 39.1 Å². The normalized spacial score (nSPS) is 18.5. The van der Waals surface area contributed by atoms with Crippen LogP contribution in [0.3, 0.4) is 0 Å². The molecule has 1 fully saturated rings. The van der Waals surface area contributed by atoms with Crippen LogP contribution >= 0.6 is 23.2 Å². The highest BCUT2D eigenvalue weighted by atomic mass is 35.5. The Balaban J connectivity index is 1.84. The Bertz CT molecular complexity index is 1400. The molecule has 1 unspecified atom stereocenters. The molecule has 1 aliphatic heterocycles. The van der Waals surface area contributed by atoms with E-state index < -0.39 is 15.6 Å². The highest BCUT2D eigenvalue weighted by Gasteiger charge is 2.33. The quantitative estimate of drug-likeness (QED) is 0.245. The Labute approximate surface area is 247 Å². The highest BCUT2D eigenvalue weighted by molar-refractivity contribution is 7.89. The Morgan fingerprint density at radius 1 is 1.12 bits per heavy atom. The fourth-order valence-corrected chi connectivity index (χ4v) is 6.87. The zero-order valence-electron chi connectivity index (χ0n) is 23.4. The van der Waals surface area contributed by atoms with Crippen molar-refractivity contribution < 1.29 is 17.9 Å². The minimum atomic E-state index is -3.79. The van der Waals surface area contributed by atoms with E-state index in [1.807, 2.05) is 43.3 Å². The molecule has 4 rings (SSSR count). The predicted molar refractivity (Wildman–Crippen MR) is 162 cm³/mol. The van der Waals surface area contributed by atoms with Gasteiger partial charge in [0.15, 0.2) is 0 Å². The fourth-order valence-electron chi connectivity index (χ4n) is 4.90. The first-order valence-electron chi connectivity index (χ1n) is 13.5. The van der Waals surface area contributed by atoms with E-state index in [2.05, 4.69) is 25.2 Å². The van der Waals surface area contributed by atoms with Crippen molar-refractivity contribution in [2.75, 3.05) is 26.8 Å². The lowest BCUT2D eigenvalue weighted by atomic mass is 9.83. The van der Waals surface area contributed by atoms with Crippen molar-refractivity contribution in [3.63, 3.8) is 0 Å². The number of nitrogens with zero attached hydrogens (tertiary/aromatic N) is 2. The van der Waals surface area contributed by atoms with Gasteiger partial charge in [0, 0.05) is 41.7 Å². The molecule has 1 atom stereocenters. The van der Waals surface area contributed by atoms with Crippen LogP contribution in [0.5, 0.6) is 11.5 Å². The summed E-state index contributed by atoms with van der Waals surface area (Å²) in [5.74, 6) is 1.34. The number of methoxy groups -OCH3 is 1. The maximum atomic E-state index is 13.7. The van der Waals surface area contributed by atoms with Crippen molar-refractivity contribution in [1.82, 2.24) is 9.62 Å². The number of ether oxygens (including phenoxy) is 2. The molecule has 0 radical (unpaired) electrons. The summed E-state index contributed by atoms with van der Waals surface area (Å²) in [6, 6.07) is 10.8. The third-order valence-corrected chi connectivity index (χ3v) is 9.69. The summed E-state index contributed by atoms with van der Waals surface area (Å²) >= 11 is 12.3. The van der Waals surface area contributed by atoms with Crippen LogP contribution in [0.1, 0.15) is 51.2 Å². The maximum Gasteiger partial charge on any atom is 0.246 e. The van der Waals surface area contributed by atoms with Crippen molar-refractivity contribution in [2.24, 2.45) is 10.9 Å². The van der Waals surface area contributed by atoms with Crippen LogP contribution in [0, 0.1) is 5.92 Å². The molecule has 0 aromatic heterocycles. The number of rotatable bonds is 10. The lowest BCUT2D eigenvalue weighted by molar-refractivity contribution is 0.333. The largest absolute Gasteiger partial charge is 0.495 e. The number of amidine groups is 1. The summed E-state index contributed by atoms with van der Waals surface area (Å²) in [4.78, 5) is 5.30. The number of benzene rings is 2. The van der Waals surface area contributed by atoms with Gasteiger partial charge in [0.25, 0.3) is 0 Å². The van der Waals surface area contributed by atoms with E-state index in [1.165, 1.54) is 11.4 Å². The van der Waals surface area contributed by atoms with Gasteiger partial charge < -0.3 is 14.8 Å². The Morgan fingerprint density at radius 2 is 1.82 bits per heavy atom. The molecule has 1 N–H and O–H groups in total. The van der Waals surface area contributed by atoms with Gasteiger partial charge in [0.1, 0.15) is 22.2 Å². The van der Waals surface area contributed by atoms with Gasteiger partial charge in [0.2, 0.25) is 10.0 Å². The lowest BCUT2D eigenvalue weighted by Gasteiger charge is -2.31. The topological polar surface area (TPSA) is 80.2 Å². The summed E-state index contributed by atoms with van der Waals surface area (Å²) in [6.45, 7) is 7.81. The second-order valence-electron chi connectivity index (χ2n) is 10.4. The van der Waals surface area contributed by atoms with Gasteiger partial charge >= 0.3 is 0 Å². The third-order valence-electron chi connectivity index (χ3n) is 7.24. The molecular weight excluding hydrogens is 569 g/mol. The molecule has 10 heteroatoms. The zero-order valence-corrected chi connectivity index (χ0v) is 25.7. The molecule has 0 bridgehead atoms. The Hall–Kier alpha value is -2.52. The van der Waals surface area contributed by atoms with E-state index in [1.54, 1.807) is 12.1 Å². The summed E-state index contributed by atoms with van der Waals surface area (Å²) in [6.07, 6.45) is 8.37. The first-order chi connectivity index (χ1) is 19.0. The van der Waals surface area contributed by atoms with Gasteiger partial charge in [-0.25, -0.2) is 8.42 Å². The van der Waals surface area contributed by atoms with Crippen LogP contribution in [0.4, 0.5) is 0 Å². The Morgan fingerprint density at radius 3 is 2.42 bits per heavy atom. The summed E-state index contributed by atoms with van der Waals surface area (Å²) in [7, 11) is -2.32. The lowest BCUT2D eigenvalue weighted by Crippen LogP contribution is -2.35. The number of hydrogen-bond donors (Lipinski definition) is 1. The average molecular weight is 607 g/mol. The minimum absolute atomic E-state index is 0.0870. The van der Waals surface area contributed by atoms with Crippen LogP contribution in [-0.2, 0) is 16.6 Å². The molecule has 1 heterocycles.